The number of carbonyl (C=O) groups is 2. The van der Waals surface area contributed by atoms with E-state index in [1.807, 2.05) is 0 Å². The molecule has 74 valence electrons. The van der Waals surface area contributed by atoms with E-state index < -0.39 is 11.8 Å². The second-order valence-electron chi connectivity index (χ2n) is 2.80. The molecule has 0 N–H and O–H groups in total. The number of rotatable bonds is 2. The highest BCUT2D eigenvalue weighted by atomic mass is 19.1. The smallest absolute Gasteiger partial charge is 0.338 e. The number of methoxy groups -OCH3 is 1. The molecule has 0 aliphatic heterocycles. The molecule has 0 unspecified atom stereocenters. The molecular formula is C10H9FO3. The second kappa shape index (κ2) is 4.00. The van der Waals surface area contributed by atoms with Gasteiger partial charge in [-0.05, 0) is 24.6 Å². The molecule has 0 spiro atoms. The highest BCUT2D eigenvalue weighted by Gasteiger charge is 2.13. The van der Waals surface area contributed by atoms with Crippen molar-refractivity contribution in [2.75, 3.05) is 7.11 Å². The van der Waals surface area contributed by atoms with Gasteiger partial charge < -0.3 is 4.74 Å². The van der Waals surface area contributed by atoms with E-state index >= 15 is 0 Å². The number of hydrogen-bond donors (Lipinski definition) is 0. The maximum Gasteiger partial charge on any atom is 0.338 e. The molecule has 0 amide bonds. The third-order valence-electron chi connectivity index (χ3n) is 1.86. The van der Waals surface area contributed by atoms with Crippen LogP contribution in [0.25, 0.3) is 0 Å². The minimum Gasteiger partial charge on any atom is -0.465 e. The summed E-state index contributed by atoms with van der Waals surface area (Å²) in [6.45, 7) is 1.51. The van der Waals surface area contributed by atoms with Crippen molar-refractivity contribution in [3.63, 3.8) is 0 Å². The molecule has 14 heavy (non-hydrogen) atoms. The number of carbonyl (C=O) groups excluding carboxylic acids is 2. The summed E-state index contributed by atoms with van der Waals surface area (Å²) < 4.78 is 17.5. The summed E-state index contributed by atoms with van der Waals surface area (Å²) in [5.74, 6) is -1.16. The molecule has 3 nitrogen and oxygen atoms in total. The topological polar surface area (TPSA) is 43.4 Å². The summed E-state index contributed by atoms with van der Waals surface area (Å²) in [6, 6.07) is 2.32. The molecule has 0 aliphatic rings. The van der Waals surface area contributed by atoms with Gasteiger partial charge in [0, 0.05) is 5.56 Å². The number of esters is 1. The third-order valence-corrected chi connectivity index (χ3v) is 1.86. The Bertz CT molecular complexity index is 385. The Morgan fingerprint density at radius 3 is 2.64 bits per heavy atom. The molecule has 1 aromatic carbocycles. The SMILES string of the molecule is COC(=O)c1cc(C)c(F)cc1C=O. The van der Waals surface area contributed by atoms with Crippen molar-refractivity contribution in [3.05, 3.63) is 34.6 Å². The van der Waals surface area contributed by atoms with Gasteiger partial charge >= 0.3 is 5.97 Å². The van der Waals surface area contributed by atoms with E-state index in [1.165, 1.54) is 20.1 Å². The molecule has 0 saturated heterocycles. The molecule has 0 radical (unpaired) electrons. The van der Waals surface area contributed by atoms with Crippen LogP contribution in [0.3, 0.4) is 0 Å². The molecule has 0 saturated carbocycles. The number of benzene rings is 1. The van der Waals surface area contributed by atoms with Crippen molar-refractivity contribution >= 4 is 12.3 Å². The maximum absolute atomic E-state index is 13.0. The van der Waals surface area contributed by atoms with Gasteiger partial charge in [0.05, 0.1) is 12.7 Å². The van der Waals surface area contributed by atoms with E-state index in [1.54, 1.807) is 0 Å². The molecule has 0 aromatic heterocycles. The summed E-state index contributed by atoms with van der Waals surface area (Å²) in [5, 5.41) is 0. The van der Waals surface area contributed by atoms with E-state index in [4.69, 9.17) is 0 Å². The first-order valence-corrected chi connectivity index (χ1v) is 3.93. The summed E-state index contributed by atoms with van der Waals surface area (Å²) in [6.07, 6.45) is 0.425. The van der Waals surface area contributed by atoms with Gasteiger partial charge in [-0.25, -0.2) is 9.18 Å². The van der Waals surface area contributed by atoms with Crippen LogP contribution < -0.4 is 0 Å². The number of aldehydes is 1. The minimum atomic E-state index is -0.643. The standard InChI is InChI=1S/C10H9FO3/c1-6-3-8(10(13)14-2)7(5-12)4-9(6)11/h3-5H,1-2H3. The van der Waals surface area contributed by atoms with E-state index in [0.29, 0.717) is 11.8 Å². The fraction of sp³-hybridized carbons (Fsp3) is 0.200. The molecule has 1 aromatic rings. The molecule has 0 fully saturated rings. The first kappa shape index (κ1) is 10.4. The lowest BCUT2D eigenvalue weighted by Crippen LogP contribution is -2.06. The van der Waals surface area contributed by atoms with Crippen LogP contribution in [-0.4, -0.2) is 19.4 Å². The Morgan fingerprint density at radius 2 is 2.14 bits per heavy atom. The number of ether oxygens (including phenoxy) is 1. The number of hydrogen-bond acceptors (Lipinski definition) is 3. The van der Waals surface area contributed by atoms with Crippen molar-refractivity contribution in [2.45, 2.75) is 6.92 Å². The fourth-order valence-corrected chi connectivity index (χ4v) is 1.08. The molecule has 0 aliphatic carbocycles. The molecule has 0 bridgehead atoms. The second-order valence-corrected chi connectivity index (χ2v) is 2.80. The average molecular weight is 196 g/mol. The number of aryl methyl sites for hydroxylation is 1. The zero-order valence-corrected chi connectivity index (χ0v) is 7.83. The Hall–Kier alpha value is -1.71. The van der Waals surface area contributed by atoms with Gasteiger partial charge in [-0.2, -0.15) is 0 Å². The van der Waals surface area contributed by atoms with Crippen LogP contribution in [0.4, 0.5) is 4.39 Å². The largest absolute Gasteiger partial charge is 0.465 e. The predicted molar refractivity (Wildman–Crippen MR) is 47.9 cm³/mol. The van der Waals surface area contributed by atoms with Crippen LogP contribution in [0.5, 0.6) is 0 Å². The van der Waals surface area contributed by atoms with Crippen LogP contribution in [0, 0.1) is 12.7 Å². The van der Waals surface area contributed by atoms with Crippen LogP contribution >= 0.6 is 0 Å². The summed E-state index contributed by atoms with van der Waals surface area (Å²) in [4.78, 5) is 21.7. The van der Waals surface area contributed by atoms with Crippen LogP contribution in [0.1, 0.15) is 26.3 Å². The summed E-state index contributed by atoms with van der Waals surface area (Å²) in [5.41, 5.74) is 0.386. The van der Waals surface area contributed by atoms with Gasteiger partial charge in [-0.1, -0.05) is 0 Å². The van der Waals surface area contributed by atoms with E-state index in [2.05, 4.69) is 4.74 Å². The van der Waals surface area contributed by atoms with Gasteiger partial charge in [-0.3, -0.25) is 4.79 Å². The molecular weight excluding hydrogens is 187 g/mol. The van der Waals surface area contributed by atoms with Crippen molar-refractivity contribution in [1.29, 1.82) is 0 Å². The average Bonchev–Trinajstić information content (AvgIpc) is 2.20. The lowest BCUT2D eigenvalue weighted by molar-refractivity contribution is 0.0598. The Kier molecular flexibility index (Phi) is 2.96. The van der Waals surface area contributed by atoms with E-state index in [9.17, 15) is 14.0 Å². The lowest BCUT2D eigenvalue weighted by atomic mass is 10.1. The van der Waals surface area contributed by atoms with Crippen molar-refractivity contribution in [3.8, 4) is 0 Å². The number of halogens is 1. The van der Waals surface area contributed by atoms with Crippen LogP contribution in [-0.2, 0) is 4.74 Å². The van der Waals surface area contributed by atoms with Crippen molar-refractivity contribution in [1.82, 2.24) is 0 Å². The van der Waals surface area contributed by atoms with Crippen molar-refractivity contribution < 1.29 is 18.7 Å². The lowest BCUT2D eigenvalue weighted by Gasteiger charge is -2.04. The summed E-state index contributed by atoms with van der Waals surface area (Å²) in [7, 11) is 1.20. The monoisotopic (exact) mass is 196 g/mol. The normalized spacial score (nSPS) is 9.64. The Balaban J connectivity index is 3.34. The first-order chi connectivity index (χ1) is 6.60. The van der Waals surface area contributed by atoms with Crippen LogP contribution in [0.2, 0.25) is 0 Å². The van der Waals surface area contributed by atoms with E-state index in [0.717, 1.165) is 6.07 Å². The first-order valence-electron chi connectivity index (χ1n) is 3.93. The Labute approximate surface area is 80.5 Å². The molecule has 4 heteroatoms. The Morgan fingerprint density at radius 1 is 1.50 bits per heavy atom. The van der Waals surface area contributed by atoms with E-state index in [-0.39, 0.29) is 11.1 Å². The molecule has 1 rings (SSSR count). The molecule has 0 atom stereocenters. The third kappa shape index (κ3) is 1.79. The van der Waals surface area contributed by atoms with Gasteiger partial charge in [0.2, 0.25) is 0 Å². The molecule has 0 heterocycles. The van der Waals surface area contributed by atoms with Gasteiger partial charge in [0.1, 0.15) is 5.82 Å². The quantitative estimate of drug-likeness (QED) is 0.534. The highest BCUT2D eigenvalue weighted by molar-refractivity contribution is 5.98. The van der Waals surface area contributed by atoms with Gasteiger partial charge in [0.25, 0.3) is 0 Å². The van der Waals surface area contributed by atoms with Gasteiger partial charge in [0.15, 0.2) is 6.29 Å². The zero-order valence-electron chi connectivity index (χ0n) is 7.83. The fourth-order valence-electron chi connectivity index (χ4n) is 1.08. The summed E-state index contributed by atoms with van der Waals surface area (Å²) >= 11 is 0. The minimum absolute atomic E-state index is 0.0000463. The predicted octanol–water partition coefficient (Wildman–Crippen LogP) is 1.73. The highest BCUT2D eigenvalue weighted by Crippen LogP contribution is 2.14. The van der Waals surface area contributed by atoms with Crippen molar-refractivity contribution in [2.24, 2.45) is 0 Å². The van der Waals surface area contributed by atoms with Crippen LogP contribution in [0.15, 0.2) is 12.1 Å². The zero-order chi connectivity index (χ0) is 10.7. The maximum atomic E-state index is 13.0. The van der Waals surface area contributed by atoms with Gasteiger partial charge in [-0.15, -0.1) is 0 Å².